The first-order valence-electron chi connectivity index (χ1n) is 4.31. The third kappa shape index (κ3) is 2.54. The molecule has 4 nitrogen and oxygen atoms in total. The Labute approximate surface area is 77.7 Å². The molecule has 2 atom stereocenters. The molecule has 1 aliphatic carbocycles. The Kier molecular flexibility index (Phi) is 3.45. The first-order chi connectivity index (χ1) is 6.15. The first-order valence-corrected chi connectivity index (χ1v) is 4.31. The van der Waals surface area contributed by atoms with Crippen molar-refractivity contribution in [1.82, 2.24) is 5.06 Å². The van der Waals surface area contributed by atoms with Gasteiger partial charge in [0.1, 0.15) is 0 Å². The standard InChI is InChI=1S/C9H15NO3/c1-10(13-2)9(12)7-4-3-5-8(11)6-7/h3,5,7-8,11H,4,6H2,1-2H3. The molecule has 0 saturated carbocycles. The van der Waals surface area contributed by atoms with Gasteiger partial charge in [-0.3, -0.25) is 9.63 Å². The Bertz CT molecular complexity index is 215. The van der Waals surface area contributed by atoms with Gasteiger partial charge in [-0.05, 0) is 12.8 Å². The van der Waals surface area contributed by atoms with E-state index in [1.807, 2.05) is 6.08 Å². The molecule has 0 aromatic heterocycles. The van der Waals surface area contributed by atoms with Crippen LogP contribution in [0.4, 0.5) is 0 Å². The fraction of sp³-hybridized carbons (Fsp3) is 0.667. The van der Waals surface area contributed by atoms with E-state index in [0.717, 1.165) is 0 Å². The predicted molar refractivity (Wildman–Crippen MR) is 47.6 cm³/mol. The molecule has 0 aromatic rings. The van der Waals surface area contributed by atoms with Crippen LogP contribution >= 0.6 is 0 Å². The number of aliphatic hydroxyl groups is 1. The van der Waals surface area contributed by atoms with Crippen molar-refractivity contribution in [3.05, 3.63) is 12.2 Å². The molecule has 1 amide bonds. The monoisotopic (exact) mass is 185 g/mol. The lowest BCUT2D eigenvalue weighted by Crippen LogP contribution is -2.34. The van der Waals surface area contributed by atoms with Crippen LogP contribution in [0, 0.1) is 5.92 Å². The molecule has 0 aromatic carbocycles. The third-order valence-electron chi connectivity index (χ3n) is 2.24. The summed E-state index contributed by atoms with van der Waals surface area (Å²) in [7, 11) is 3.03. The average Bonchev–Trinajstić information content (AvgIpc) is 2.15. The summed E-state index contributed by atoms with van der Waals surface area (Å²) in [6.07, 6.45) is 4.23. The highest BCUT2D eigenvalue weighted by atomic mass is 16.7. The van der Waals surface area contributed by atoms with E-state index in [1.165, 1.54) is 12.2 Å². The molecule has 0 spiro atoms. The predicted octanol–water partition coefficient (Wildman–Crippen LogP) is 0.333. The van der Waals surface area contributed by atoms with Crippen LogP contribution in [-0.2, 0) is 9.63 Å². The Hall–Kier alpha value is -0.870. The van der Waals surface area contributed by atoms with Crippen molar-refractivity contribution >= 4 is 5.91 Å². The maximum absolute atomic E-state index is 11.5. The molecular weight excluding hydrogens is 170 g/mol. The molecule has 1 N–H and O–H groups in total. The van der Waals surface area contributed by atoms with Gasteiger partial charge in [0.05, 0.1) is 13.2 Å². The number of allylic oxidation sites excluding steroid dienone is 1. The van der Waals surface area contributed by atoms with Crippen molar-refractivity contribution in [2.75, 3.05) is 14.2 Å². The number of hydroxylamine groups is 2. The SMILES string of the molecule is CON(C)C(=O)C1CC=CC(O)C1. The van der Waals surface area contributed by atoms with Crippen molar-refractivity contribution in [3.8, 4) is 0 Å². The summed E-state index contributed by atoms with van der Waals surface area (Å²) in [6.45, 7) is 0. The second kappa shape index (κ2) is 4.39. The topological polar surface area (TPSA) is 49.8 Å². The lowest BCUT2D eigenvalue weighted by Gasteiger charge is -2.24. The minimum absolute atomic E-state index is 0.0779. The number of rotatable bonds is 2. The molecule has 0 saturated heterocycles. The van der Waals surface area contributed by atoms with Gasteiger partial charge in [0.2, 0.25) is 5.91 Å². The summed E-state index contributed by atoms with van der Waals surface area (Å²) in [6, 6.07) is 0. The molecule has 1 rings (SSSR count). The molecule has 0 fully saturated rings. The van der Waals surface area contributed by atoms with Gasteiger partial charge in [-0.25, -0.2) is 5.06 Å². The van der Waals surface area contributed by atoms with E-state index in [4.69, 9.17) is 4.84 Å². The van der Waals surface area contributed by atoms with Gasteiger partial charge in [-0.2, -0.15) is 0 Å². The summed E-state index contributed by atoms with van der Waals surface area (Å²) in [5, 5.41) is 10.5. The number of carbonyl (C=O) groups is 1. The molecule has 74 valence electrons. The Morgan fingerprint density at radius 3 is 2.92 bits per heavy atom. The zero-order chi connectivity index (χ0) is 9.84. The molecule has 13 heavy (non-hydrogen) atoms. The highest BCUT2D eigenvalue weighted by Crippen LogP contribution is 2.20. The van der Waals surface area contributed by atoms with Crippen molar-refractivity contribution in [3.63, 3.8) is 0 Å². The maximum atomic E-state index is 11.5. The van der Waals surface area contributed by atoms with Crippen molar-refractivity contribution in [1.29, 1.82) is 0 Å². The van der Waals surface area contributed by atoms with E-state index in [0.29, 0.717) is 12.8 Å². The van der Waals surface area contributed by atoms with Crippen LogP contribution in [0.2, 0.25) is 0 Å². The zero-order valence-corrected chi connectivity index (χ0v) is 7.93. The van der Waals surface area contributed by atoms with E-state index in [9.17, 15) is 9.90 Å². The fourth-order valence-electron chi connectivity index (χ4n) is 1.41. The fourth-order valence-corrected chi connectivity index (χ4v) is 1.41. The zero-order valence-electron chi connectivity index (χ0n) is 7.93. The first kappa shape index (κ1) is 10.2. The molecule has 4 heteroatoms. The molecule has 0 heterocycles. The largest absolute Gasteiger partial charge is 0.389 e. The minimum Gasteiger partial charge on any atom is -0.389 e. The second-order valence-electron chi connectivity index (χ2n) is 3.18. The Balaban J connectivity index is 2.53. The quantitative estimate of drug-likeness (QED) is 0.498. The van der Waals surface area contributed by atoms with E-state index in [2.05, 4.69) is 0 Å². The number of amides is 1. The van der Waals surface area contributed by atoms with Gasteiger partial charge in [0.15, 0.2) is 0 Å². The lowest BCUT2D eigenvalue weighted by atomic mass is 9.92. The smallest absolute Gasteiger partial charge is 0.249 e. The van der Waals surface area contributed by atoms with E-state index < -0.39 is 6.10 Å². The second-order valence-corrected chi connectivity index (χ2v) is 3.18. The summed E-state index contributed by atoms with van der Waals surface area (Å²) in [4.78, 5) is 16.3. The molecule has 0 bridgehead atoms. The average molecular weight is 185 g/mol. The van der Waals surface area contributed by atoms with Crippen LogP contribution in [0.5, 0.6) is 0 Å². The lowest BCUT2D eigenvalue weighted by molar-refractivity contribution is -0.174. The molecular formula is C9H15NO3. The van der Waals surface area contributed by atoms with Gasteiger partial charge in [0, 0.05) is 13.0 Å². The number of nitrogens with zero attached hydrogens (tertiary/aromatic N) is 1. The number of hydrogen-bond donors (Lipinski definition) is 1. The third-order valence-corrected chi connectivity index (χ3v) is 2.24. The molecule has 0 radical (unpaired) electrons. The van der Waals surface area contributed by atoms with Gasteiger partial charge in [-0.1, -0.05) is 12.2 Å². The van der Waals surface area contributed by atoms with Crippen molar-refractivity contribution < 1.29 is 14.7 Å². The normalized spacial score (nSPS) is 27.3. The highest BCUT2D eigenvalue weighted by Gasteiger charge is 2.25. The summed E-state index contributed by atoms with van der Waals surface area (Å²) in [5.41, 5.74) is 0. The van der Waals surface area contributed by atoms with Crippen LogP contribution in [-0.4, -0.2) is 36.3 Å². The van der Waals surface area contributed by atoms with E-state index >= 15 is 0 Å². The molecule has 0 aliphatic heterocycles. The van der Waals surface area contributed by atoms with Crippen LogP contribution < -0.4 is 0 Å². The van der Waals surface area contributed by atoms with Gasteiger partial charge in [-0.15, -0.1) is 0 Å². The van der Waals surface area contributed by atoms with Crippen LogP contribution in [0.15, 0.2) is 12.2 Å². The molecule has 1 aliphatic rings. The van der Waals surface area contributed by atoms with Crippen molar-refractivity contribution in [2.24, 2.45) is 5.92 Å². The summed E-state index contributed by atoms with van der Waals surface area (Å²) in [5.74, 6) is -0.226. The number of carbonyl (C=O) groups excluding carboxylic acids is 1. The minimum atomic E-state index is -0.493. The van der Waals surface area contributed by atoms with Crippen LogP contribution in [0.1, 0.15) is 12.8 Å². The Morgan fingerprint density at radius 2 is 2.38 bits per heavy atom. The maximum Gasteiger partial charge on any atom is 0.249 e. The summed E-state index contributed by atoms with van der Waals surface area (Å²) < 4.78 is 0. The Morgan fingerprint density at radius 1 is 1.69 bits per heavy atom. The summed E-state index contributed by atoms with van der Waals surface area (Å²) >= 11 is 0. The van der Waals surface area contributed by atoms with Gasteiger partial charge < -0.3 is 5.11 Å². The van der Waals surface area contributed by atoms with Crippen LogP contribution in [0.3, 0.4) is 0 Å². The van der Waals surface area contributed by atoms with Gasteiger partial charge in [0.25, 0.3) is 0 Å². The highest BCUT2D eigenvalue weighted by molar-refractivity contribution is 5.78. The van der Waals surface area contributed by atoms with Gasteiger partial charge >= 0.3 is 0 Å². The number of hydrogen-bond acceptors (Lipinski definition) is 3. The van der Waals surface area contributed by atoms with E-state index in [-0.39, 0.29) is 11.8 Å². The molecule has 2 unspecified atom stereocenters. The van der Waals surface area contributed by atoms with Crippen LogP contribution in [0.25, 0.3) is 0 Å². The van der Waals surface area contributed by atoms with Crippen molar-refractivity contribution in [2.45, 2.75) is 18.9 Å². The van der Waals surface area contributed by atoms with E-state index in [1.54, 1.807) is 13.1 Å². The number of aliphatic hydroxyl groups excluding tert-OH is 1.